The average Bonchev–Trinajstić information content (AvgIpc) is 3.74. The Morgan fingerprint density at radius 3 is 2.73 bits per heavy atom. The van der Waals surface area contributed by atoms with E-state index in [4.69, 9.17) is 18.4 Å². The van der Waals surface area contributed by atoms with Gasteiger partial charge in [-0.05, 0) is 52.2 Å². The van der Waals surface area contributed by atoms with E-state index in [2.05, 4.69) is 10.1 Å². The van der Waals surface area contributed by atoms with Crippen molar-refractivity contribution in [2.24, 2.45) is 0 Å². The maximum Gasteiger partial charge on any atom is 0.333 e. The molecule has 0 spiro atoms. The minimum atomic E-state index is -1.84. The Morgan fingerprint density at radius 1 is 1.25 bits per heavy atom. The van der Waals surface area contributed by atoms with Crippen LogP contribution in [0.1, 0.15) is 54.5 Å². The van der Waals surface area contributed by atoms with Crippen molar-refractivity contribution in [2.75, 3.05) is 7.11 Å². The summed E-state index contributed by atoms with van der Waals surface area (Å²) in [6.45, 7) is 6.25. The van der Waals surface area contributed by atoms with E-state index in [9.17, 15) is 19.5 Å². The Hall–Kier alpha value is -4.49. The number of hydrogen-bond acceptors (Lipinski definition) is 10. The van der Waals surface area contributed by atoms with Crippen molar-refractivity contribution in [1.29, 1.82) is 0 Å². The lowest BCUT2D eigenvalue weighted by molar-refractivity contribution is -0.146. The Labute approximate surface area is 255 Å². The molecular formula is C31H32N4O8S. The quantitative estimate of drug-likeness (QED) is 0.247. The number of aryl methyl sites for hydroxylation is 3. The number of hydrogen-bond donors (Lipinski definition) is 1. The number of ether oxygens (including phenoxy) is 2. The van der Waals surface area contributed by atoms with Crippen LogP contribution in [0.25, 0.3) is 21.0 Å². The predicted octanol–water partition coefficient (Wildman–Crippen LogP) is 4.63. The highest BCUT2D eigenvalue weighted by atomic mass is 32.1. The molecule has 2 atom stereocenters. The molecule has 13 heteroatoms. The number of carboxylic acids is 1. The highest BCUT2D eigenvalue weighted by Crippen LogP contribution is 2.38. The molecule has 0 aliphatic heterocycles. The van der Waals surface area contributed by atoms with Crippen LogP contribution in [0, 0.1) is 13.8 Å². The molecule has 1 aliphatic rings. The lowest BCUT2D eigenvalue weighted by Gasteiger charge is -2.30. The lowest BCUT2D eigenvalue weighted by Crippen LogP contribution is -2.52. The van der Waals surface area contributed by atoms with Gasteiger partial charge in [0.15, 0.2) is 0 Å². The Bertz CT molecular complexity index is 1980. The van der Waals surface area contributed by atoms with Gasteiger partial charge in [0, 0.05) is 17.5 Å². The van der Waals surface area contributed by atoms with Crippen molar-refractivity contribution in [1.82, 2.24) is 19.3 Å². The van der Waals surface area contributed by atoms with Gasteiger partial charge in [-0.15, -0.1) is 11.3 Å². The summed E-state index contributed by atoms with van der Waals surface area (Å²) in [5, 5.41) is 14.5. The highest BCUT2D eigenvalue weighted by Gasteiger charge is 2.37. The van der Waals surface area contributed by atoms with E-state index in [1.807, 2.05) is 31.2 Å². The van der Waals surface area contributed by atoms with Gasteiger partial charge in [0.1, 0.15) is 34.2 Å². The molecule has 6 rings (SSSR count). The van der Waals surface area contributed by atoms with Crippen molar-refractivity contribution < 1.29 is 28.3 Å². The number of carbonyl (C=O) groups is 1. The molecule has 230 valence electrons. The molecule has 0 radical (unpaired) electrons. The van der Waals surface area contributed by atoms with Crippen LogP contribution in [0.2, 0.25) is 0 Å². The number of nitrogens with zero attached hydrogens (tertiary/aromatic N) is 4. The summed E-state index contributed by atoms with van der Waals surface area (Å²) in [6, 6.07) is 7.40. The van der Waals surface area contributed by atoms with Gasteiger partial charge in [0.25, 0.3) is 5.56 Å². The van der Waals surface area contributed by atoms with Gasteiger partial charge in [-0.1, -0.05) is 23.4 Å². The number of para-hydroxylation sites is 1. The Morgan fingerprint density at radius 2 is 2.02 bits per heavy atom. The molecule has 44 heavy (non-hydrogen) atoms. The van der Waals surface area contributed by atoms with Crippen LogP contribution in [-0.2, 0) is 34.5 Å². The summed E-state index contributed by atoms with van der Waals surface area (Å²) in [5.41, 5.74) is -0.116. The smallest absolute Gasteiger partial charge is 0.333 e. The molecular weight excluding hydrogens is 588 g/mol. The third-order valence-electron chi connectivity index (χ3n) is 8.31. The van der Waals surface area contributed by atoms with E-state index in [1.54, 1.807) is 14.0 Å². The van der Waals surface area contributed by atoms with Gasteiger partial charge < -0.3 is 23.5 Å². The Kier molecular flexibility index (Phi) is 7.54. The van der Waals surface area contributed by atoms with Crippen LogP contribution in [0.4, 0.5) is 0 Å². The molecule has 0 fully saturated rings. The summed E-state index contributed by atoms with van der Waals surface area (Å²) in [6.07, 6.45) is 3.95. The highest BCUT2D eigenvalue weighted by molar-refractivity contribution is 7.22. The van der Waals surface area contributed by atoms with Gasteiger partial charge in [-0.2, -0.15) is 0 Å². The number of carboxylic acid groups (broad SMARTS) is 1. The maximum atomic E-state index is 14.3. The maximum absolute atomic E-state index is 14.3. The third-order valence-corrected chi connectivity index (χ3v) is 9.62. The standard InChI is InChI=1S/C31H32N4O8S/c1-16-24-27(36)35(31(3,4)29(37)38)30(39)34(28(24)44-25(16)26-32-12-13-41-26)15-23(19-8-6-7-9-22(19)40-5)42-18-10-11-21-20(14-18)17(2)43-33-21/h6-9,12-13,18,23H,10-11,14-15H2,1-5H3,(H,37,38). The van der Waals surface area contributed by atoms with Crippen molar-refractivity contribution in [2.45, 2.75) is 71.2 Å². The van der Waals surface area contributed by atoms with Crippen LogP contribution in [0.15, 0.2) is 55.3 Å². The molecule has 0 saturated carbocycles. The first-order valence-electron chi connectivity index (χ1n) is 14.2. The van der Waals surface area contributed by atoms with Gasteiger partial charge in [0.2, 0.25) is 5.89 Å². The number of aromatic nitrogens is 4. The number of fused-ring (bicyclic) bond motifs is 2. The predicted molar refractivity (Wildman–Crippen MR) is 161 cm³/mol. The molecule has 1 N–H and O–H groups in total. The first kappa shape index (κ1) is 29.6. The fraction of sp³-hybridized carbons (Fsp3) is 0.387. The largest absolute Gasteiger partial charge is 0.496 e. The molecule has 1 aliphatic carbocycles. The molecule has 5 aromatic rings. The van der Waals surface area contributed by atoms with Gasteiger partial charge >= 0.3 is 11.7 Å². The fourth-order valence-electron chi connectivity index (χ4n) is 5.82. The van der Waals surface area contributed by atoms with Crippen LogP contribution in [0.3, 0.4) is 0 Å². The second kappa shape index (κ2) is 11.2. The minimum absolute atomic E-state index is 0.0252. The summed E-state index contributed by atoms with van der Waals surface area (Å²) in [5.74, 6) is 0.298. The van der Waals surface area contributed by atoms with Crippen molar-refractivity contribution in [3.05, 3.63) is 85.7 Å². The number of thiophene rings is 1. The van der Waals surface area contributed by atoms with E-state index in [0.29, 0.717) is 51.7 Å². The van der Waals surface area contributed by atoms with Gasteiger partial charge in [-0.3, -0.25) is 9.36 Å². The zero-order valence-electron chi connectivity index (χ0n) is 24.9. The number of benzene rings is 1. The average molecular weight is 621 g/mol. The van der Waals surface area contributed by atoms with Crippen LogP contribution < -0.4 is 16.0 Å². The van der Waals surface area contributed by atoms with Gasteiger partial charge in [-0.25, -0.2) is 19.1 Å². The van der Waals surface area contributed by atoms with Crippen molar-refractivity contribution >= 4 is 27.5 Å². The topological polar surface area (TPSA) is 152 Å². The van der Waals surface area contributed by atoms with Crippen molar-refractivity contribution in [3.63, 3.8) is 0 Å². The molecule has 4 aromatic heterocycles. The number of aliphatic carboxylic acids is 1. The summed E-state index contributed by atoms with van der Waals surface area (Å²) >= 11 is 1.19. The normalized spacial score (nSPS) is 15.8. The number of methoxy groups -OCH3 is 1. The molecule has 2 unspecified atom stereocenters. The third kappa shape index (κ3) is 4.85. The van der Waals surface area contributed by atoms with E-state index in [0.717, 1.165) is 21.6 Å². The number of oxazole rings is 1. The molecule has 1 aromatic carbocycles. The number of rotatable bonds is 9. The first-order chi connectivity index (χ1) is 21.0. The minimum Gasteiger partial charge on any atom is -0.496 e. The van der Waals surface area contributed by atoms with Crippen LogP contribution in [0.5, 0.6) is 5.75 Å². The van der Waals surface area contributed by atoms with E-state index >= 15 is 0 Å². The van der Waals surface area contributed by atoms with E-state index < -0.39 is 28.9 Å². The molecule has 0 bridgehead atoms. The fourth-order valence-corrected chi connectivity index (χ4v) is 7.06. The Balaban J connectivity index is 1.55. The van der Waals surface area contributed by atoms with Crippen molar-refractivity contribution in [3.8, 4) is 16.5 Å². The monoisotopic (exact) mass is 620 g/mol. The van der Waals surface area contributed by atoms with E-state index in [1.165, 1.54) is 42.2 Å². The van der Waals surface area contributed by atoms with Crippen LogP contribution >= 0.6 is 11.3 Å². The second-order valence-electron chi connectivity index (χ2n) is 11.4. The summed E-state index contributed by atoms with van der Waals surface area (Å²) in [4.78, 5) is 45.8. The van der Waals surface area contributed by atoms with Gasteiger partial charge in [0.05, 0.1) is 41.9 Å². The zero-order chi connectivity index (χ0) is 31.3. The lowest BCUT2D eigenvalue weighted by atomic mass is 9.93. The molecule has 12 nitrogen and oxygen atoms in total. The molecule has 0 amide bonds. The van der Waals surface area contributed by atoms with Crippen LogP contribution in [-0.4, -0.2) is 43.6 Å². The molecule has 0 saturated heterocycles. The molecule has 4 heterocycles. The zero-order valence-corrected chi connectivity index (χ0v) is 25.8. The SMILES string of the molecule is COc1ccccc1C(Cn1c(=O)n(C(C)(C)C(=O)O)c(=O)c2c(C)c(-c3ncco3)sc21)OC1CCc2noc(C)c2C1. The summed E-state index contributed by atoms with van der Waals surface area (Å²) < 4.78 is 25.7. The summed E-state index contributed by atoms with van der Waals surface area (Å²) in [7, 11) is 1.56. The first-order valence-corrected chi connectivity index (χ1v) is 15.0. The second-order valence-corrected chi connectivity index (χ2v) is 12.4. The van der Waals surface area contributed by atoms with E-state index in [-0.39, 0.29) is 18.0 Å².